The molecule has 1 saturated heterocycles. The molecule has 1 aliphatic rings. The molecular formula is C24H24N2O6S. The van der Waals surface area contributed by atoms with Gasteiger partial charge < -0.3 is 14.8 Å². The summed E-state index contributed by atoms with van der Waals surface area (Å²) in [7, 11) is 0. The topological polar surface area (TPSA) is 102 Å². The van der Waals surface area contributed by atoms with E-state index in [1.165, 1.54) is 13.0 Å². The number of thioether (sulfide) groups is 1. The molecule has 3 rings (SSSR count). The van der Waals surface area contributed by atoms with Crippen molar-refractivity contribution >= 4 is 46.5 Å². The number of nitrogens with one attached hydrogen (secondary N) is 1. The number of hydrogen-bond acceptors (Lipinski definition) is 7. The first kappa shape index (κ1) is 24.1. The number of ether oxygens (including phenoxy) is 2. The summed E-state index contributed by atoms with van der Waals surface area (Å²) in [5, 5.41) is 2.23. The second kappa shape index (κ2) is 10.4. The minimum atomic E-state index is -0.553. The van der Waals surface area contributed by atoms with Gasteiger partial charge in [-0.25, -0.2) is 0 Å². The lowest BCUT2D eigenvalue weighted by Crippen LogP contribution is -2.36. The number of carbonyl (C=O) groups is 4. The highest BCUT2D eigenvalue weighted by molar-refractivity contribution is 8.18. The Bertz CT molecular complexity index is 1160. The molecule has 1 N–H and O–H groups in total. The molecule has 33 heavy (non-hydrogen) atoms. The Labute approximate surface area is 195 Å². The zero-order valence-corrected chi connectivity index (χ0v) is 19.6. The number of hydrogen-bond donors (Lipinski definition) is 1. The molecule has 0 unspecified atom stereocenters. The molecule has 9 heteroatoms. The predicted octanol–water partition coefficient (Wildman–Crippen LogP) is 4.30. The van der Waals surface area contributed by atoms with Gasteiger partial charge in [-0.15, -0.1) is 0 Å². The van der Waals surface area contributed by atoms with Crippen LogP contribution in [-0.2, 0) is 14.4 Å². The van der Waals surface area contributed by atoms with Crippen molar-refractivity contribution in [1.29, 1.82) is 0 Å². The van der Waals surface area contributed by atoms with Crippen LogP contribution in [0.1, 0.15) is 30.5 Å². The van der Waals surface area contributed by atoms with E-state index in [-0.39, 0.29) is 17.2 Å². The first-order valence-corrected chi connectivity index (χ1v) is 11.1. The molecule has 0 aliphatic carbocycles. The molecular weight excluding hydrogens is 444 g/mol. The van der Waals surface area contributed by atoms with Crippen LogP contribution in [0.3, 0.4) is 0 Å². The second-order valence-electron chi connectivity index (χ2n) is 7.37. The number of rotatable bonds is 7. The van der Waals surface area contributed by atoms with Gasteiger partial charge in [0, 0.05) is 12.6 Å². The summed E-state index contributed by atoms with van der Waals surface area (Å²) in [4.78, 5) is 50.0. The number of nitrogens with zero attached hydrogens (tertiary/aromatic N) is 1. The maximum absolute atomic E-state index is 12.8. The van der Waals surface area contributed by atoms with Gasteiger partial charge in [-0.05, 0) is 73.5 Å². The summed E-state index contributed by atoms with van der Waals surface area (Å²) >= 11 is 0.757. The third-order valence-electron chi connectivity index (χ3n) is 4.66. The van der Waals surface area contributed by atoms with Gasteiger partial charge in [0.05, 0.1) is 11.5 Å². The molecule has 0 saturated carbocycles. The molecule has 0 bridgehead atoms. The average molecular weight is 469 g/mol. The Morgan fingerprint density at radius 2 is 1.85 bits per heavy atom. The van der Waals surface area contributed by atoms with Gasteiger partial charge in [-0.2, -0.15) is 0 Å². The molecule has 172 valence electrons. The SMILES string of the molecule is CCOc1cc(/C=C2/SC(=O)N(CC(=O)Nc3cc(C)ccc3C)C2=O)ccc1OC(C)=O. The van der Waals surface area contributed by atoms with E-state index in [0.29, 0.717) is 23.6 Å². The van der Waals surface area contributed by atoms with Crippen LogP contribution in [-0.4, -0.2) is 41.1 Å². The fourth-order valence-electron chi connectivity index (χ4n) is 3.11. The van der Waals surface area contributed by atoms with Gasteiger partial charge in [0.2, 0.25) is 5.91 Å². The monoisotopic (exact) mass is 468 g/mol. The normalized spacial score (nSPS) is 14.5. The number of amides is 3. The second-order valence-corrected chi connectivity index (χ2v) is 8.36. The van der Waals surface area contributed by atoms with Gasteiger partial charge in [0.1, 0.15) is 6.54 Å². The number of esters is 1. The Kier molecular flexibility index (Phi) is 7.55. The van der Waals surface area contributed by atoms with Crippen LogP contribution in [0.2, 0.25) is 0 Å². The van der Waals surface area contributed by atoms with Gasteiger partial charge >= 0.3 is 5.97 Å². The van der Waals surface area contributed by atoms with E-state index in [2.05, 4.69) is 5.32 Å². The highest BCUT2D eigenvalue weighted by atomic mass is 32.2. The third-order valence-corrected chi connectivity index (χ3v) is 5.57. The van der Waals surface area contributed by atoms with Gasteiger partial charge in [0.15, 0.2) is 11.5 Å². The maximum atomic E-state index is 12.8. The van der Waals surface area contributed by atoms with E-state index >= 15 is 0 Å². The van der Waals surface area contributed by atoms with Crippen LogP contribution < -0.4 is 14.8 Å². The van der Waals surface area contributed by atoms with Crippen molar-refractivity contribution in [1.82, 2.24) is 4.90 Å². The zero-order chi connectivity index (χ0) is 24.1. The smallest absolute Gasteiger partial charge is 0.308 e. The van der Waals surface area contributed by atoms with Crippen LogP contribution in [0.15, 0.2) is 41.3 Å². The zero-order valence-electron chi connectivity index (χ0n) is 18.8. The predicted molar refractivity (Wildman–Crippen MR) is 126 cm³/mol. The quantitative estimate of drug-likeness (QED) is 0.367. The summed E-state index contributed by atoms with van der Waals surface area (Å²) in [6, 6.07) is 10.5. The van der Waals surface area contributed by atoms with Gasteiger partial charge in [-0.3, -0.25) is 24.1 Å². The van der Waals surface area contributed by atoms with E-state index in [1.807, 2.05) is 32.0 Å². The fourth-order valence-corrected chi connectivity index (χ4v) is 3.95. The number of aryl methyl sites for hydroxylation is 2. The lowest BCUT2D eigenvalue weighted by Gasteiger charge is -2.14. The molecule has 0 atom stereocenters. The highest BCUT2D eigenvalue weighted by Gasteiger charge is 2.36. The van der Waals surface area contributed by atoms with Crippen LogP contribution in [0.5, 0.6) is 11.5 Å². The molecule has 1 aliphatic heterocycles. The van der Waals surface area contributed by atoms with Crippen LogP contribution in [0.25, 0.3) is 6.08 Å². The summed E-state index contributed by atoms with van der Waals surface area (Å²) in [5.74, 6) is -0.894. The van der Waals surface area contributed by atoms with Crippen molar-refractivity contribution in [2.75, 3.05) is 18.5 Å². The van der Waals surface area contributed by atoms with E-state index in [9.17, 15) is 19.2 Å². The minimum absolute atomic E-state index is 0.183. The Hall–Kier alpha value is -3.59. The number of benzene rings is 2. The first-order chi connectivity index (χ1) is 15.7. The fraction of sp³-hybridized carbons (Fsp3) is 0.250. The highest BCUT2D eigenvalue weighted by Crippen LogP contribution is 2.34. The van der Waals surface area contributed by atoms with Crippen molar-refractivity contribution in [3.63, 3.8) is 0 Å². The molecule has 3 amide bonds. The molecule has 0 spiro atoms. The molecule has 8 nitrogen and oxygen atoms in total. The Morgan fingerprint density at radius 1 is 1.09 bits per heavy atom. The molecule has 0 radical (unpaired) electrons. The van der Waals surface area contributed by atoms with Gasteiger partial charge in [0.25, 0.3) is 11.1 Å². The molecule has 2 aromatic carbocycles. The van der Waals surface area contributed by atoms with Crippen molar-refractivity contribution in [3.8, 4) is 11.5 Å². The largest absolute Gasteiger partial charge is 0.490 e. The van der Waals surface area contributed by atoms with E-state index in [0.717, 1.165) is 27.8 Å². The van der Waals surface area contributed by atoms with E-state index in [4.69, 9.17) is 9.47 Å². The summed E-state index contributed by atoms with van der Waals surface area (Å²) < 4.78 is 10.6. The third kappa shape index (κ3) is 6.01. The Balaban J connectivity index is 1.75. The number of imide groups is 1. The van der Waals surface area contributed by atoms with Crippen molar-refractivity contribution in [3.05, 3.63) is 58.0 Å². The van der Waals surface area contributed by atoms with Crippen molar-refractivity contribution < 1.29 is 28.7 Å². The molecule has 1 heterocycles. The van der Waals surface area contributed by atoms with E-state index in [1.54, 1.807) is 25.1 Å². The maximum Gasteiger partial charge on any atom is 0.308 e. The van der Waals surface area contributed by atoms with Crippen molar-refractivity contribution in [2.45, 2.75) is 27.7 Å². The summed E-state index contributed by atoms with van der Waals surface area (Å²) in [6.45, 7) is 6.82. The summed E-state index contributed by atoms with van der Waals surface area (Å²) in [6.07, 6.45) is 1.54. The Morgan fingerprint density at radius 3 is 2.55 bits per heavy atom. The van der Waals surface area contributed by atoms with Crippen LogP contribution in [0, 0.1) is 13.8 Å². The lowest BCUT2D eigenvalue weighted by atomic mass is 10.1. The van der Waals surface area contributed by atoms with Gasteiger partial charge in [-0.1, -0.05) is 18.2 Å². The van der Waals surface area contributed by atoms with E-state index < -0.39 is 23.0 Å². The average Bonchev–Trinajstić information content (AvgIpc) is 3.00. The molecule has 1 fully saturated rings. The van der Waals surface area contributed by atoms with Crippen molar-refractivity contribution in [2.24, 2.45) is 0 Å². The molecule has 0 aromatic heterocycles. The van der Waals surface area contributed by atoms with Crippen LogP contribution in [0.4, 0.5) is 10.5 Å². The standard InChI is InChI=1S/C24H24N2O6S/c1-5-31-20-11-17(8-9-19(20)32-16(4)27)12-21-23(29)26(24(30)33-21)13-22(28)25-18-10-14(2)6-7-15(18)3/h6-12H,5,13H2,1-4H3,(H,25,28)/b21-12+. The lowest BCUT2D eigenvalue weighted by molar-refractivity contribution is -0.132. The number of carbonyl (C=O) groups excluding carboxylic acids is 4. The molecule has 2 aromatic rings. The first-order valence-electron chi connectivity index (χ1n) is 10.3. The van der Waals surface area contributed by atoms with Crippen LogP contribution >= 0.6 is 11.8 Å². The minimum Gasteiger partial charge on any atom is -0.490 e. The number of anilines is 1. The summed E-state index contributed by atoms with van der Waals surface area (Å²) in [5.41, 5.74) is 3.08.